The maximum Gasteiger partial charge on any atom is 0.261 e. The number of methoxy groups -OCH3 is 1. The summed E-state index contributed by atoms with van der Waals surface area (Å²) < 4.78 is 35.9. The van der Waals surface area contributed by atoms with Gasteiger partial charge in [-0.3, -0.25) is 9.52 Å². The van der Waals surface area contributed by atoms with Crippen LogP contribution < -0.4 is 14.8 Å². The summed E-state index contributed by atoms with van der Waals surface area (Å²) in [6.45, 7) is 2.21. The zero-order valence-electron chi connectivity index (χ0n) is 14.6. The van der Waals surface area contributed by atoms with Gasteiger partial charge in [0.15, 0.2) is 0 Å². The zero-order chi connectivity index (χ0) is 19.0. The SMILES string of the molecule is CCS(=O)(=O)Nc1ccc(NC(=O)c2cccnc2OCCOC)cc1. The van der Waals surface area contributed by atoms with Crippen LogP contribution in [0.1, 0.15) is 17.3 Å². The van der Waals surface area contributed by atoms with Gasteiger partial charge in [-0.15, -0.1) is 0 Å². The third-order valence-corrected chi connectivity index (χ3v) is 4.64. The monoisotopic (exact) mass is 379 g/mol. The first-order chi connectivity index (χ1) is 12.4. The van der Waals surface area contributed by atoms with Gasteiger partial charge in [-0.1, -0.05) is 0 Å². The number of carbonyl (C=O) groups is 1. The second-order valence-corrected chi connectivity index (χ2v) is 7.25. The Bertz CT molecular complexity index is 838. The molecule has 0 aliphatic rings. The third kappa shape index (κ3) is 5.71. The molecule has 8 nitrogen and oxygen atoms in total. The van der Waals surface area contributed by atoms with Crippen molar-refractivity contribution >= 4 is 27.3 Å². The minimum Gasteiger partial charge on any atom is -0.475 e. The van der Waals surface area contributed by atoms with E-state index in [0.717, 1.165) is 0 Å². The van der Waals surface area contributed by atoms with Gasteiger partial charge in [0.05, 0.1) is 12.4 Å². The predicted molar refractivity (Wildman–Crippen MR) is 99.1 cm³/mol. The number of rotatable bonds is 9. The van der Waals surface area contributed by atoms with E-state index in [1.807, 2.05) is 0 Å². The van der Waals surface area contributed by atoms with Crippen molar-refractivity contribution < 1.29 is 22.7 Å². The molecule has 0 unspecified atom stereocenters. The summed E-state index contributed by atoms with van der Waals surface area (Å²) in [5, 5.41) is 2.73. The summed E-state index contributed by atoms with van der Waals surface area (Å²) in [7, 11) is -1.79. The zero-order valence-corrected chi connectivity index (χ0v) is 15.4. The van der Waals surface area contributed by atoms with Gasteiger partial charge in [-0.05, 0) is 43.3 Å². The fourth-order valence-corrected chi connectivity index (χ4v) is 2.61. The van der Waals surface area contributed by atoms with Crippen LogP contribution >= 0.6 is 0 Å². The Morgan fingerprint density at radius 2 is 1.81 bits per heavy atom. The van der Waals surface area contributed by atoms with Crippen molar-refractivity contribution in [2.45, 2.75) is 6.92 Å². The number of sulfonamides is 1. The lowest BCUT2D eigenvalue weighted by Crippen LogP contribution is -2.16. The van der Waals surface area contributed by atoms with Crippen LogP contribution in [-0.4, -0.2) is 45.4 Å². The van der Waals surface area contributed by atoms with Gasteiger partial charge in [-0.25, -0.2) is 13.4 Å². The molecule has 140 valence electrons. The summed E-state index contributed by atoms with van der Waals surface area (Å²) >= 11 is 0. The lowest BCUT2D eigenvalue weighted by atomic mass is 10.2. The van der Waals surface area contributed by atoms with Crippen LogP contribution in [-0.2, 0) is 14.8 Å². The molecular formula is C17H21N3O5S. The van der Waals surface area contributed by atoms with Gasteiger partial charge in [-0.2, -0.15) is 0 Å². The molecule has 0 spiro atoms. The third-order valence-electron chi connectivity index (χ3n) is 3.34. The standard InChI is InChI=1S/C17H21N3O5S/c1-3-26(22,23)20-14-8-6-13(7-9-14)19-16(21)15-5-4-10-18-17(15)25-12-11-24-2/h4-10,20H,3,11-12H2,1-2H3,(H,19,21). The fraction of sp³-hybridized carbons (Fsp3) is 0.294. The predicted octanol–water partition coefficient (Wildman–Crippen LogP) is 2.12. The maximum atomic E-state index is 12.5. The Morgan fingerprint density at radius 1 is 1.12 bits per heavy atom. The van der Waals surface area contributed by atoms with Gasteiger partial charge in [0.2, 0.25) is 15.9 Å². The molecule has 0 saturated heterocycles. The largest absolute Gasteiger partial charge is 0.475 e. The van der Waals surface area contributed by atoms with Crippen LogP contribution in [0.3, 0.4) is 0 Å². The van der Waals surface area contributed by atoms with Crippen molar-refractivity contribution in [1.82, 2.24) is 4.98 Å². The Hall–Kier alpha value is -2.65. The average molecular weight is 379 g/mol. The van der Waals surface area contributed by atoms with E-state index >= 15 is 0 Å². The van der Waals surface area contributed by atoms with Crippen LogP contribution in [0.15, 0.2) is 42.6 Å². The molecule has 0 aliphatic carbocycles. The number of carbonyl (C=O) groups excluding carboxylic acids is 1. The van der Waals surface area contributed by atoms with Gasteiger partial charge >= 0.3 is 0 Å². The van der Waals surface area contributed by atoms with E-state index in [2.05, 4.69) is 15.0 Å². The van der Waals surface area contributed by atoms with Crippen LogP contribution in [0, 0.1) is 0 Å². The van der Waals surface area contributed by atoms with E-state index in [1.165, 1.54) is 6.20 Å². The Labute approximate surface area is 152 Å². The van der Waals surface area contributed by atoms with Crippen LogP contribution in [0.5, 0.6) is 5.88 Å². The van der Waals surface area contributed by atoms with Crippen LogP contribution in [0.4, 0.5) is 11.4 Å². The second-order valence-electron chi connectivity index (χ2n) is 5.23. The highest BCUT2D eigenvalue weighted by molar-refractivity contribution is 7.92. The molecule has 26 heavy (non-hydrogen) atoms. The van der Waals surface area contributed by atoms with E-state index in [1.54, 1.807) is 50.4 Å². The summed E-state index contributed by atoms with van der Waals surface area (Å²) in [6.07, 6.45) is 1.54. The Morgan fingerprint density at radius 3 is 2.46 bits per heavy atom. The second kappa shape index (κ2) is 9.16. The average Bonchev–Trinajstić information content (AvgIpc) is 2.64. The van der Waals surface area contributed by atoms with Crippen LogP contribution in [0.2, 0.25) is 0 Å². The Kier molecular flexibility index (Phi) is 6.93. The molecule has 0 fully saturated rings. The van der Waals surface area contributed by atoms with Gasteiger partial charge in [0.25, 0.3) is 5.91 Å². The Balaban J connectivity index is 2.06. The first-order valence-corrected chi connectivity index (χ1v) is 9.59. The first kappa shape index (κ1) is 19.7. The van der Waals surface area contributed by atoms with Crippen molar-refractivity contribution in [3.8, 4) is 5.88 Å². The van der Waals surface area contributed by atoms with Crippen molar-refractivity contribution in [2.75, 3.05) is 36.1 Å². The highest BCUT2D eigenvalue weighted by Gasteiger charge is 2.14. The quantitative estimate of drug-likeness (QED) is 0.647. The molecule has 0 bridgehead atoms. The van der Waals surface area contributed by atoms with Crippen molar-refractivity contribution in [2.24, 2.45) is 0 Å². The number of hydrogen-bond donors (Lipinski definition) is 2. The number of aromatic nitrogens is 1. The molecule has 0 radical (unpaired) electrons. The minimum absolute atomic E-state index is 0.0155. The van der Waals surface area contributed by atoms with Crippen molar-refractivity contribution in [1.29, 1.82) is 0 Å². The molecular weight excluding hydrogens is 358 g/mol. The highest BCUT2D eigenvalue weighted by Crippen LogP contribution is 2.19. The van der Waals surface area contributed by atoms with E-state index < -0.39 is 10.0 Å². The number of pyridine rings is 1. The molecule has 2 rings (SSSR count). The molecule has 2 aromatic rings. The summed E-state index contributed by atoms with van der Waals surface area (Å²) in [4.78, 5) is 16.5. The lowest BCUT2D eigenvalue weighted by Gasteiger charge is -2.11. The number of nitrogens with one attached hydrogen (secondary N) is 2. The van der Waals surface area contributed by atoms with Gasteiger partial charge in [0, 0.05) is 24.7 Å². The van der Waals surface area contributed by atoms with E-state index in [4.69, 9.17) is 9.47 Å². The lowest BCUT2D eigenvalue weighted by molar-refractivity contribution is 0.101. The molecule has 1 heterocycles. The normalized spacial score (nSPS) is 11.0. The van der Waals surface area contributed by atoms with Crippen molar-refractivity contribution in [3.05, 3.63) is 48.2 Å². The van der Waals surface area contributed by atoms with Crippen LogP contribution in [0.25, 0.3) is 0 Å². The molecule has 0 saturated carbocycles. The number of hydrogen-bond acceptors (Lipinski definition) is 6. The molecule has 9 heteroatoms. The maximum absolute atomic E-state index is 12.5. The molecule has 0 atom stereocenters. The fourth-order valence-electron chi connectivity index (χ4n) is 1.97. The molecule has 1 aromatic heterocycles. The van der Waals surface area contributed by atoms with E-state index in [9.17, 15) is 13.2 Å². The molecule has 2 N–H and O–H groups in total. The summed E-state index contributed by atoms with van der Waals surface area (Å²) in [5.74, 6) is -0.181. The number of ether oxygens (including phenoxy) is 2. The first-order valence-electron chi connectivity index (χ1n) is 7.94. The van der Waals surface area contributed by atoms with Gasteiger partial charge < -0.3 is 14.8 Å². The molecule has 1 amide bonds. The number of nitrogens with zero attached hydrogens (tertiary/aromatic N) is 1. The number of benzene rings is 1. The molecule has 1 aromatic carbocycles. The van der Waals surface area contributed by atoms with Crippen molar-refractivity contribution in [3.63, 3.8) is 0 Å². The number of amides is 1. The topological polar surface area (TPSA) is 107 Å². The summed E-state index contributed by atoms with van der Waals surface area (Å²) in [6, 6.07) is 9.60. The smallest absolute Gasteiger partial charge is 0.261 e. The molecule has 0 aliphatic heterocycles. The summed E-state index contributed by atoms with van der Waals surface area (Å²) in [5.41, 5.74) is 1.23. The van der Waals surface area contributed by atoms with Gasteiger partial charge in [0.1, 0.15) is 12.2 Å². The highest BCUT2D eigenvalue weighted by atomic mass is 32.2. The number of anilines is 2. The minimum atomic E-state index is -3.34. The van der Waals surface area contributed by atoms with E-state index in [-0.39, 0.29) is 24.1 Å². The van der Waals surface area contributed by atoms with E-state index in [0.29, 0.717) is 23.5 Å².